The molecule has 0 radical (unpaired) electrons. The summed E-state index contributed by atoms with van der Waals surface area (Å²) in [4.78, 5) is 30.4. The van der Waals surface area contributed by atoms with Gasteiger partial charge in [-0.15, -0.1) is 0 Å². The molecule has 0 spiro atoms. The molecule has 3 aromatic rings. The molecule has 1 aliphatic rings. The highest BCUT2D eigenvalue weighted by molar-refractivity contribution is 6.00. The van der Waals surface area contributed by atoms with Gasteiger partial charge in [0.2, 0.25) is 5.91 Å². The van der Waals surface area contributed by atoms with Gasteiger partial charge in [0.25, 0.3) is 5.91 Å². The largest absolute Gasteiger partial charge is 0.339 e. The van der Waals surface area contributed by atoms with Crippen LogP contribution < -0.4 is 10.6 Å². The van der Waals surface area contributed by atoms with E-state index in [1.807, 2.05) is 42.8 Å². The average molecular weight is 435 g/mol. The molecule has 8 nitrogen and oxygen atoms in total. The molecule has 1 fully saturated rings. The number of benzene rings is 1. The third kappa shape index (κ3) is 4.59. The van der Waals surface area contributed by atoms with E-state index in [1.165, 1.54) is 11.1 Å². The number of aromatic nitrogens is 4. The zero-order valence-corrected chi connectivity index (χ0v) is 18.8. The molecule has 1 saturated carbocycles. The summed E-state index contributed by atoms with van der Waals surface area (Å²) in [5.74, 6) is -0.341. The minimum Gasteiger partial charge on any atom is -0.339 e. The number of nitrogens with zero attached hydrogens (tertiary/aromatic N) is 4. The van der Waals surface area contributed by atoms with Gasteiger partial charge >= 0.3 is 0 Å². The van der Waals surface area contributed by atoms with E-state index in [0.29, 0.717) is 11.4 Å². The standard InChI is InChI=1S/C24H30N6O2/c1-16-22(29(2)15-25-16)18-9-11-19(12-10-18)27-24(32)21(17-7-5-4-6-8-17)28-23(31)20-13-14-26-30(20)3/h9-15,17,21H,4-8H2,1-3H3,(H,27,32)(H,28,31)/t21-/m0/s1. The first-order chi connectivity index (χ1) is 15.4. The van der Waals surface area contributed by atoms with Gasteiger partial charge in [0, 0.05) is 31.5 Å². The Morgan fingerprint density at radius 1 is 1.06 bits per heavy atom. The molecule has 0 bridgehead atoms. The van der Waals surface area contributed by atoms with E-state index < -0.39 is 6.04 Å². The molecule has 0 saturated heterocycles. The van der Waals surface area contributed by atoms with Gasteiger partial charge in [-0.3, -0.25) is 14.3 Å². The van der Waals surface area contributed by atoms with Crippen molar-refractivity contribution in [1.82, 2.24) is 24.6 Å². The van der Waals surface area contributed by atoms with E-state index in [-0.39, 0.29) is 17.7 Å². The number of rotatable bonds is 6. The molecule has 4 rings (SSSR count). The van der Waals surface area contributed by atoms with Gasteiger partial charge in [-0.25, -0.2) is 4.98 Å². The molecular weight excluding hydrogens is 404 g/mol. The fraction of sp³-hybridized carbons (Fsp3) is 0.417. The lowest BCUT2D eigenvalue weighted by Gasteiger charge is -2.30. The Hall–Kier alpha value is -3.42. The second-order valence-corrected chi connectivity index (χ2v) is 8.55. The van der Waals surface area contributed by atoms with Gasteiger partial charge < -0.3 is 15.2 Å². The Morgan fingerprint density at radius 2 is 1.78 bits per heavy atom. The zero-order valence-electron chi connectivity index (χ0n) is 18.8. The van der Waals surface area contributed by atoms with Gasteiger partial charge in [0.15, 0.2) is 0 Å². The molecule has 1 aromatic carbocycles. The number of carbonyl (C=O) groups is 2. The van der Waals surface area contributed by atoms with Crippen LogP contribution in [0, 0.1) is 12.8 Å². The monoisotopic (exact) mass is 434 g/mol. The van der Waals surface area contributed by atoms with E-state index in [2.05, 4.69) is 20.7 Å². The summed E-state index contributed by atoms with van der Waals surface area (Å²) in [7, 11) is 3.68. The number of carbonyl (C=O) groups excluding carboxylic acids is 2. The highest BCUT2D eigenvalue weighted by Crippen LogP contribution is 2.28. The summed E-state index contributed by atoms with van der Waals surface area (Å²) in [6.45, 7) is 1.98. The highest BCUT2D eigenvalue weighted by Gasteiger charge is 2.31. The maximum absolute atomic E-state index is 13.3. The molecule has 32 heavy (non-hydrogen) atoms. The van der Waals surface area contributed by atoms with Crippen LogP contribution in [0.5, 0.6) is 0 Å². The van der Waals surface area contributed by atoms with Crippen molar-refractivity contribution in [2.24, 2.45) is 20.0 Å². The highest BCUT2D eigenvalue weighted by atomic mass is 16.2. The van der Waals surface area contributed by atoms with Crippen molar-refractivity contribution >= 4 is 17.5 Å². The van der Waals surface area contributed by atoms with Crippen LogP contribution >= 0.6 is 0 Å². The van der Waals surface area contributed by atoms with Crippen molar-refractivity contribution < 1.29 is 9.59 Å². The molecule has 0 aliphatic heterocycles. The van der Waals surface area contributed by atoms with Crippen LogP contribution in [0.25, 0.3) is 11.3 Å². The quantitative estimate of drug-likeness (QED) is 0.621. The van der Waals surface area contributed by atoms with Crippen LogP contribution in [0.4, 0.5) is 5.69 Å². The SMILES string of the molecule is Cc1ncn(C)c1-c1ccc(NC(=O)[C@@H](NC(=O)c2ccnn2C)C2CCCCC2)cc1. The van der Waals surface area contributed by atoms with Gasteiger partial charge in [-0.1, -0.05) is 31.4 Å². The van der Waals surface area contributed by atoms with Crippen molar-refractivity contribution in [3.05, 3.63) is 54.2 Å². The number of hydrogen-bond acceptors (Lipinski definition) is 4. The predicted octanol–water partition coefficient (Wildman–Crippen LogP) is 3.45. The third-order valence-electron chi connectivity index (χ3n) is 6.29. The lowest BCUT2D eigenvalue weighted by atomic mass is 9.83. The summed E-state index contributed by atoms with van der Waals surface area (Å²) in [5.41, 5.74) is 4.18. The van der Waals surface area contributed by atoms with Crippen LogP contribution in [0.15, 0.2) is 42.9 Å². The predicted molar refractivity (Wildman–Crippen MR) is 123 cm³/mol. The van der Waals surface area contributed by atoms with Gasteiger partial charge in [-0.2, -0.15) is 5.10 Å². The topological polar surface area (TPSA) is 93.8 Å². The molecule has 2 heterocycles. The molecular formula is C24H30N6O2. The van der Waals surface area contributed by atoms with E-state index in [4.69, 9.17) is 0 Å². The summed E-state index contributed by atoms with van der Waals surface area (Å²) in [6.07, 6.45) is 8.57. The van der Waals surface area contributed by atoms with Crippen molar-refractivity contribution in [2.45, 2.75) is 45.1 Å². The number of amides is 2. The number of hydrogen-bond donors (Lipinski definition) is 2. The van der Waals surface area contributed by atoms with Gasteiger partial charge in [-0.05, 0) is 43.9 Å². The Labute approximate surface area is 188 Å². The van der Waals surface area contributed by atoms with Crippen LogP contribution in [0.2, 0.25) is 0 Å². The fourth-order valence-electron chi connectivity index (χ4n) is 4.57. The van der Waals surface area contributed by atoms with Crippen molar-refractivity contribution in [3.8, 4) is 11.3 Å². The summed E-state index contributed by atoms with van der Waals surface area (Å²) in [5, 5.41) is 10.0. The normalized spacial score (nSPS) is 15.3. The lowest BCUT2D eigenvalue weighted by Crippen LogP contribution is -2.49. The number of anilines is 1. The second kappa shape index (κ2) is 9.38. The third-order valence-corrected chi connectivity index (χ3v) is 6.29. The molecule has 1 atom stereocenters. The lowest BCUT2D eigenvalue weighted by molar-refractivity contribution is -0.119. The summed E-state index contributed by atoms with van der Waals surface area (Å²) >= 11 is 0. The van der Waals surface area contributed by atoms with Gasteiger partial charge in [0.05, 0.1) is 17.7 Å². The van der Waals surface area contributed by atoms with E-state index in [9.17, 15) is 9.59 Å². The van der Waals surface area contributed by atoms with Crippen molar-refractivity contribution in [1.29, 1.82) is 0 Å². The molecule has 168 valence electrons. The van der Waals surface area contributed by atoms with Crippen LogP contribution in [0.1, 0.15) is 48.3 Å². The molecule has 2 N–H and O–H groups in total. The second-order valence-electron chi connectivity index (χ2n) is 8.55. The van der Waals surface area contributed by atoms with Crippen LogP contribution in [0.3, 0.4) is 0 Å². The van der Waals surface area contributed by atoms with Crippen molar-refractivity contribution in [2.75, 3.05) is 5.32 Å². The van der Waals surface area contributed by atoms with E-state index in [0.717, 1.165) is 42.6 Å². The average Bonchev–Trinajstić information content (AvgIpc) is 3.37. The first kappa shape index (κ1) is 21.8. The number of imidazole rings is 1. The summed E-state index contributed by atoms with van der Waals surface area (Å²) in [6, 6.07) is 8.80. The molecule has 2 aromatic heterocycles. The molecule has 2 amide bonds. The molecule has 8 heteroatoms. The maximum Gasteiger partial charge on any atom is 0.270 e. The number of nitrogens with one attached hydrogen (secondary N) is 2. The number of aryl methyl sites for hydroxylation is 3. The van der Waals surface area contributed by atoms with Crippen molar-refractivity contribution in [3.63, 3.8) is 0 Å². The summed E-state index contributed by atoms with van der Waals surface area (Å²) < 4.78 is 3.50. The molecule has 0 unspecified atom stereocenters. The zero-order chi connectivity index (χ0) is 22.7. The van der Waals surface area contributed by atoms with E-state index in [1.54, 1.807) is 25.6 Å². The van der Waals surface area contributed by atoms with Crippen LogP contribution in [-0.4, -0.2) is 37.2 Å². The maximum atomic E-state index is 13.3. The first-order valence-corrected chi connectivity index (χ1v) is 11.1. The molecule has 1 aliphatic carbocycles. The Morgan fingerprint density at radius 3 is 2.38 bits per heavy atom. The van der Waals surface area contributed by atoms with Crippen LogP contribution in [-0.2, 0) is 18.9 Å². The smallest absolute Gasteiger partial charge is 0.270 e. The first-order valence-electron chi connectivity index (χ1n) is 11.1. The Kier molecular flexibility index (Phi) is 6.39. The minimum atomic E-state index is -0.586. The fourth-order valence-corrected chi connectivity index (χ4v) is 4.57. The minimum absolute atomic E-state index is 0.122. The van der Waals surface area contributed by atoms with Gasteiger partial charge in [0.1, 0.15) is 11.7 Å². The Balaban J connectivity index is 1.50. The Bertz CT molecular complexity index is 1070. The van der Waals surface area contributed by atoms with E-state index >= 15 is 0 Å².